The van der Waals surface area contributed by atoms with Crippen LogP contribution in [0.5, 0.6) is 0 Å². The Morgan fingerprint density at radius 1 is 1.16 bits per heavy atom. The molecule has 2 rings (SSSR count). The standard InChI is InChI=1S/C15H17F3N4O2S/c1-2-3-8-20-14-21-12(9-13(22-14)15(16,17)18)10-4-6-11(7-5-10)25(19,23)24/h4-7,9H,2-3,8H2,1H3,(H2,19,23,24)(H,20,21,22). The first-order valence-corrected chi connectivity index (χ1v) is 8.99. The van der Waals surface area contributed by atoms with Crippen LogP contribution in [0.4, 0.5) is 19.1 Å². The molecule has 10 heteroatoms. The lowest BCUT2D eigenvalue weighted by atomic mass is 10.1. The van der Waals surface area contributed by atoms with E-state index in [9.17, 15) is 21.6 Å². The Morgan fingerprint density at radius 2 is 1.80 bits per heavy atom. The van der Waals surface area contributed by atoms with Crippen molar-refractivity contribution in [3.63, 3.8) is 0 Å². The number of hydrogen-bond acceptors (Lipinski definition) is 5. The van der Waals surface area contributed by atoms with Crippen molar-refractivity contribution in [2.24, 2.45) is 5.14 Å². The first kappa shape index (κ1) is 19.1. The molecule has 2 aromatic rings. The molecule has 0 fully saturated rings. The van der Waals surface area contributed by atoms with Gasteiger partial charge in [0.15, 0.2) is 5.69 Å². The summed E-state index contributed by atoms with van der Waals surface area (Å²) in [6, 6.07) is 5.93. The molecule has 0 spiro atoms. The molecule has 1 aromatic heterocycles. The summed E-state index contributed by atoms with van der Waals surface area (Å²) in [7, 11) is -3.88. The molecule has 6 nitrogen and oxygen atoms in total. The number of nitrogens with two attached hydrogens (primary N) is 1. The van der Waals surface area contributed by atoms with Crippen molar-refractivity contribution >= 4 is 16.0 Å². The lowest BCUT2D eigenvalue weighted by molar-refractivity contribution is -0.141. The van der Waals surface area contributed by atoms with Crippen LogP contribution in [-0.2, 0) is 16.2 Å². The van der Waals surface area contributed by atoms with E-state index in [0.29, 0.717) is 12.1 Å². The van der Waals surface area contributed by atoms with Crippen molar-refractivity contribution in [2.45, 2.75) is 30.8 Å². The summed E-state index contributed by atoms with van der Waals surface area (Å²) in [5.41, 5.74) is -0.729. The van der Waals surface area contributed by atoms with Crippen LogP contribution in [0.3, 0.4) is 0 Å². The predicted molar refractivity (Wildman–Crippen MR) is 87.2 cm³/mol. The first-order chi connectivity index (χ1) is 11.6. The zero-order valence-corrected chi connectivity index (χ0v) is 14.2. The second-order valence-electron chi connectivity index (χ2n) is 5.31. The van der Waals surface area contributed by atoms with E-state index >= 15 is 0 Å². The fourth-order valence-corrected chi connectivity index (χ4v) is 2.53. The van der Waals surface area contributed by atoms with Gasteiger partial charge in [0.25, 0.3) is 0 Å². The Bertz CT molecular complexity index is 837. The van der Waals surface area contributed by atoms with Gasteiger partial charge in [0, 0.05) is 12.1 Å². The molecule has 136 valence electrons. The highest BCUT2D eigenvalue weighted by Gasteiger charge is 2.33. The monoisotopic (exact) mass is 374 g/mol. The summed E-state index contributed by atoms with van der Waals surface area (Å²) < 4.78 is 61.7. The van der Waals surface area contributed by atoms with E-state index in [1.165, 1.54) is 24.3 Å². The van der Waals surface area contributed by atoms with E-state index < -0.39 is 21.9 Å². The minimum absolute atomic E-state index is 0.0299. The number of benzene rings is 1. The molecule has 0 aliphatic rings. The molecule has 0 radical (unpaired) electrons. The molecule has 0 bridgehead atoms. The lowest BCUT2D eigenvalue weighted by Crippen LogP contribution is -2.13. The third-order valence-electron chi connectivity index (χ3n) is 3.31. The Morgan fingerprint density at radius 3 is 2.32 bits per heavy atom. The minimum atomic E-state index is -4.63. The van der Waals surface area contributed by atoms with Gasteiger partial charge in [-0.05, 0) is 24.6 Å². The SMILES string of the molecule is CCCCNc1nc(-c2ccc(S(N)(=O)=O)cc2)cc(C(F)(F)F)n1. The van der Waals surface area contributed by atoms with E-state index in [0.717, 1.165) is 18.9 Å². The second kappa shape index (κ2) is 7.36. The van der Waals surface area contributed by atoms with Crippen LogP contribution in [0.15, 0.2) is 35.2 Å². The maximum Gasteiger partial charge on any atom is 0.433 e. The van der Waals surface area contributed by atoms with E-state index in [1.54, 1.807) is 0 Å². The van der Waals surface area contributed by atoms with Crippen LogP contribution < -0.4 is 10.5 Å². The molecule has 1 aromatic carbocycles. The van der Waals surface area contributed by atoms with Crippen molar-refractivity contribution in [1.29, 1.82) is 0 Å². The van der Waals surface area contributed by atoms with Crippen LogP contribution in [0.2, 0.25) is 0 Å². The molecule has 25 heavy (non-hydrogen) atoms. The van der Waals surface area contributed by atoms with E-state index in [-0.39, 0.29) is 16.5 Å². The number of nitrogens with zero attached hydrogens (tertiary/aromatic N) is 2. The van der Waals surface area contributed by atoms with Gasteiger partial charge in [0.2, 0.25) is 16.0 Å². The van der Waals surface area contributed by atoms with Crippen LogP contribution >= 0.6 is 0 Å². The van der Waals surface area contributed by atoms with Gasteiger partial charge in [-0.25, -0.2) is 23.5 Å². The summed E-state index contributed by atoms with van der Waals surface area (Å²) in [6.07, 6.45) is -2.99. The van der Waals surface area contributed by atoms with Crippen molar-refractivity contribution in [1.82, 2.24) is 9.97 Å². The number of anilines is 1. The van der Waals surface area contributed by atoms with E-state index in [4.69, 9.17) is 5.14 Å². The average Bonchev–Trinajstić information content (AvgIpc) is 2.53. The average molecular weight is 374 g/mol. The fraction of sp³-hybridized carbons (Fsp3) is 0.333. The normalized spacial score (nSPS) is 12.2. The smallest absolute Gasteiger partial charge is 0.354 e. The van der Waals surface area contributed by atoms with Gasteiger partial charge < -0.3 is 5.32 Å². The summed E-state index contributed by atoms with van der Waals surface area (Å²) in [6.45, 7) is 2.40. The third kappa shape index (κ3) is 5.13. The van der Waals surface area contributed by atoms with Crippen LogP contribution in [-0.4, -0.2) is 24.9 Å². The molecule has 0 saturated carbocycles. The molecule has 3 N–H and O–H groups in total. The Hall–Kier alpha value is -2.20. The topological polar surface area (TPSA) is 98.0 Å². The van der Waals surface area contributed by atoms with Crippen molar-refractivity contribution in [3.05, 3.63) is 36.0 Å². The largest absolute Gasteiger partial charge is 0.433 e. The van der Waals surface area contributed by atoms with E-state index in [1.807, 2.05) is 6.92 Å². The van der Waals surface area contributed by atoms with Gasteiger partial charge in [-0.2, -0.15) is 13.2 Å². The number of rotatable bonds is 6. The number of halogens is 3. The van der Waals surface area contributed by atoms with Crippen molar-refractivity contribution in [2.75, 3.05) is 11.9 Å². The number of alkyl halides is 3. The van der Waals surface area contributed by atoms with Crippen LogP contribution in [0.25, 0.3) is 11.3 Å². The maximum absolute atomic E-state index is 13.1. The summed E-state index contributed by atoms with van der Waals surface area (Å²) in [5, 5.41) is 7.77. The maximum atomic E-state index is 13.1. The summed E-state index contributed by atoms with van der Waals surface area (Å²) in [4.78, 5) is 7.44. The summed E-state index contributed by atoms with van der Waals surface area (Å²) >= 11 is 0. The number of nitrogens with one attached hydrogen (secondary N) is 1. The number of sulfonamides is 1. The zero-order valence-electron chi connectivity index (χ0n) is 13.3. The molecule has 0 aliphatic carbocycles. The molecule has 0 unspecified atom stereocenters. The van der Waals surface area contributed by atoms with Gasteiger partial charge in [-0.1, -0.05) is 25.5 Å². The third-order valence-corrected chi connectivity index (χ3v) is 4.24. The molecule has 0 aliphatic heterocycles. The van der Waals surface area contributed by atoms with Gasteiger partial charge in [0.1, 0.15) is 0 Å². The van der Waals surface area contributed by atoms with Crippen LogP contribution in [0, 0.1) is 0 Å². The molecule has 0 saturated heterocycles. The molecule has 1 heterocycles. The number of aromatic nitrogens is 2. The first-order valence-electron chi connectivity index (χ1n) is 7.44. The van der Waals surface area contributed by atoms with Gasteiger partial charge >= 0.3 is 6.18 Å². The molecule has 0 amide bonds. The van der Waals surface area contributed by atoms with E-state index in [2.05, 4.69) is 15.3 Å². The molecular formula is C15H17F3N4O2S. The Kier molecular flexibility index (Phi) is 5.63. The second-order valence-corrected chi connectivity index (χ2v) is 6.87. The highest BCUT2D eigenvalue weighted by molar-refractivity contribution is 7.89. The van der Waals surface area contributed by atoms with Gasteiger partial charge in [-0.15, -0.1) is 0 Å². The van der Waals surface area contributed by atoms with Gasteiger partial charge in [0.05, 0.1) is 10.6 Å². The zero-order chi connectivity index (χ0) is 18.7. The predicted octanol–water partition coefficient (Wildman–Crippen LogP) is 3.02. The molecule has 0 atom stereocenters. The Balaban J connectivity index is 2.43. The number of primary sulfonamides is 1. The quantitative estimate of drug-likeness (QED) is 0.758. The molecular weight excluding hydrogens is 357 g/mol. The Labute approximate surface area is 143 Å². The number of unbranched alkanes of at least 4 members (excludes halogenated alkanes) is 1. The minimum Gasteiger partial charge on any atom is -0.354 e. The number of hydrogen-bond donors (Lipinski definition) is 2. The highest BCUT2D eigenvalue weighted by atomic mass is 32.2. The van der Waals surface area contributed by atoms with Crippen molar-refractivity contribution < 1.29 is 21.6 Å². The highest BCUT2D eigenvalue weighted by Crippen LogP contribution is 2.31. The van der Waals surface area contributed by atoms with Crippen LogP contribution in [0.1, 0.15) is 25.5 Å². The summed E-state index contributed by atoms with van der Waals surface area (Å²) in [5.74, 6) is -0.131. The van der Waals surface area contributed by atoms with Crippen molar-refractivity contribution in [3.8, 4) is 11.3 Å². The fourth-order valence-electron chi connectivity index (χ4n) is 2.01. The van der Waals surface area contributed by atoms with Gasteiger partial charge in [-0.3, -0.25) is 0 Å². The lowest BCUT2D eigenvalue weighted by Gasteiger charge is -2.12.